The van der Waals surface area contributed by atoms with Crippen LogP contribution in [0.5, 0.6) is 5.75 Å². The monoisotopic (exact) mass is 424 g/mol. The molecular weight excluding hydrogens is 392 g/mol. The maximum Gasteiger partial charge on any atom is 0.260 e. The molecule has 1 aromatic heterocycles. The number of aromatic amines is 1. The van der Waals surface area contributed by atoms with Gasteiger partial charge in [-0.25, -0.2) is 0 Å². The quantitative estimate of drug-likeness (QED) is 0.796. The van der Waals surface area contributed by atoms with Crippen molar-refractivity contribution in [3.63, 3.8) is 0 Å². The standard InChI is InChI=1S/C24H32N4O3/c1-17-7-6-8-18(2)28(17)24(30)21-15-25-26-23(21)19-11-13-27(14-12-19)22(29)16-31-20-9-4-3-5-10-20/h3-5,9-10,15,17-19H,6-8,11-14,16H2,1-2H3,(H,25,26)/t17-,18+. The topological polar surface area (TPSA) is 78.5 Å². The molecule has 0 unspecified atom stereocenters. The highest BCUT2D eigenvalue weighted by Gasteiger charge is 2.34. The highest BCUT2D eigenvalue weighted by molar-refractivity contribution is 5.95. The molecule has 2 aromatic rings. The molecule has 0 bridgehead atoms. The third kappa shape index (κ3) is 4.75. The number of likely N-dealkylation sites (tertiary alicyclic amines) is 2. The van der Waals surface area contributed by atoms with E-state index in [1.807, 2.05) is 40.1 Å². The first kappa shape index (κ1) is 21.4. The lowest BCUT2D eigenvalue weighted by molar-refractivity contribution is -0.134. The smallest absolute Gasteiger partial charge is 0.260 e. The summed E-state index contributed by atoms with van der Waals surface area (Å²) in [5.74, 6) is 0.987. The van der Waals surface area contributed by atoms with E-state index in [2.05, 4.69) is 24.0 Å². The minimum absolute atomic E-state index is 0.000759. The molecule has 0 saturated carbocycles. The van der Waals surface area contributed by atoms with Gasteiger partial charge in [0.25, 0.3) is 11.8 Å². The first-order valence-electron chi connectivity index (χ1n) is 11.4. The van der Waals surface area contributed by atoms with Crippen LogP contribution < -0.4 is 4.74 Å². The van der Waals surface area contributed by atoms with E-state index >= 15 is 0 Å². The van der Waals surface area contributed by atoms with Crippen molar-refractivity contribution in [2.45, 2.75) is 64.0 Å². The van der Waals surface area contributed by atoms with Crippen LogP contribution in [-0.2, 0) is 4.79 Å². The zero-order valence-electron chi connectivity index (χ0n) is 18.4. The molecule has 0 aliphatic carbocycles. The number of benzene rings is 1. The van der Waals surface area contributed by atoms with Gasteiger partial charge in [0.2, 0.25) is 0 Å². The number of carbonyl (C=O) groups excluding carboxylic acids is 2. The molecule has 2 fully saturated rings. The Morgan fingerprint density at radius 1 is 1.06 bits per heavy atom. The lowest BCUT2D eigenvalue weighted by Crippen LogP contribution is -2.47. The Labute approximate surface area is 183 Å². The normalized spacial score (nSPS) is 22.4. The van der Waals surface area contributed by atoms with Gasteiger partial charge in [-0.15, -0.1) is 0 Å². The van der Waals surface area contributed by atoms with Crippen molar-refractivity contribution in [3.05, 3.63) is 47.8 Å². The molecule has 2 saturated heterocycles. The maximum absolute atomic E-state index is 13.3. The van der Waals surface area contributed by atoms with Crippen LogP contribution in [0.1, 0.15) is 67.9 Å². The summed E-state index contributed by atoms with van der Waals surface area (Å²) >= 11 is 0. The van der Waals surface area contributed by atoms with Gasteiger partial charge in [0.1, 0.15) is 5.75 Å². The zero-order valence-corrected chi connectivity index (χ0v) is 18.4. The molecule has 166 valence electrons. The molecule has 7 nitrogen and oxygen atoms in total. The summed E-state index contributed by atoms with van der Waals surface area (Å²) in [5.41, 5.74) is 1.61. The van der Waals surface area contributed by atoms with E-state index in [1.165, 1.54) is 6.42 Å². The Bertz CT molecular complexity index is 879. The van der Waals surface area contributed by atoms with Crippen molar-refractivity contribution in [1.29, 1.82) is 0 Å². The lowest BCUT2D eigenvalue weighted by Gasteiger charge is -2.39. The third-order valence-electron chi connectivity index (χ3n) is 6.69. The highest BCUT2D eigenvalue weighted by atomic mass is 16.5. The van der Waals surface area contributed by atoms with E-state index in [-0.39, 0.29) is 36.4 Å². The van der Waals surface area contributed by atoms with Gasteiger partial charge in [-0.1, -0.05) is 18.2 Å². The fraction of sp³-hybridized carbons (Fsp3) is 0.542. The molecule has 7 heteroatoms. The summed E-state index contributed by atoms with van der Waals surface area (Å²) in [4.78, 5) is 29.7. The number of hydrogen-bond acceptors (Lipinski definition) is 4. The average molecular weight is 425 g/mol. The second kappa shape index (κ2) is 9.54. The molecule has 3 heterocycles. The van der Waals surface area contributed by atoms with Crippen LogP contribution in [-0.4, -0.2) is 63.6 Å². The Balaban J connectivity index is 1.35. The van der Waals surface area contributed by atoms with Crippen molar-refractivity contribution in [1.82, 2.24) is 20.0 Å². The van der Waals surface area contributed by atoms with Gasteiger partial charge in [-0.05, 0) is 58.1 Å². The van der Waals surface area contributed by atoms with E-state index in [0.29, 0.717) is 24.4 Å². The summed E-state index contributed by atoms with van der Waals surface area (Å²) in [6.07, 6.45) is 6.57. The molecule has 0 radical (unpaired) electrons. The van der Waals surface area contributed by atoms with Gasteiger partial charge in [0.05, 0.1) is 17.5 Å². The molecule has 0 spiro atoms. The van der Waals surface area contributed by atoms with Crippen LogP contribution in [0.2, 0.25) is 0 Å². The number of aromatic nitrogens is 2. The largest absolute Gasteiger partial charge is 0.484 e. The minimum atomic E-state index is -0.000759. The van der Waals surface area contributed by atoms with Crippen molar-refractivity contribution in [2.75, 3.05) is 19.7 Å². The molecule has 4 rings (SSSR count). The fourth-order valence-corrected chi connectivity index (χ4v) is 4.91. The van der Waals surface area contributed by atoms with E-state index in [1.54, 1.807) is 6.20 Å². The Morgan fingerprint density at radius 2 is 1.74 bits per heavy atom. The van der Waals surface area contributed by atoms with Crippen LogP contribution in [0, 0.1) is 0 Å². The first-order chi connectivity index (χ1) is 15.0. The zero-order chi connectivity index (χ0) is 21.8. The number of piperidine rings is 2. The summed E-state index contributed by atoms with van der Waals surface area (Å²) in [7, 11) is 0. The minimum Gasteiger partial charge on any atom is -0.484 e. The molecule has 2 atom stereocenters. The number of hydrogen-bond donors (Lipinski definition) is 1. The van der Waals surface area contributed by atoms with E-state index < -0.39 is 0 Å². The second-order valence-corrected chi connectivity index (χ2v) is 8.80. The van der Waals surface area contributed by atoms with E-state index in [4.69, 9.17) is 4.74 Å². The molecule has 2 amide bonds. The van der Waals surface area contributed by atoms with Gasteiger partial charge in [0.15, 0.2) is 6.61 Å². The van der Waals surface area contributed by atoms with E-state index in [9.17, 15) is 9.59 Å². The second-order valence-electron chi connectivity index (χ2n) is 8.80. The van der Waals surface area contributed by atoms with E-state index in [0.717, 1.165) is 31.4 Å². The number of nitrogens with one attached hydrogen (secondary N) is 1. The highest BCUT2D eigenvalue weighted by Crippen LogP contribution is 2.31. The van der Waals surface area contributed by atoms with Crippen LogP contribution in [0.15, 0.2) is 36.5 Å². The molecule has 1 aromatic carbocycles. The summed E-state index contributed by atoms with van der Waals surface area (Å²) in [5, 5.41) is 7.30. The van der Waals surface area contributed by atoms with Gasteiger partial charge < -0.3 is 14.5 Å². The maximum atomic E-state index is 13.3. The van der Waals surface area contributed by atoms with Crippen molar-refractivity contribution in [2.24, 2.45) is 0 Å². The summed E-state index contributed by atoms with van der Waals surface area (Å²) < 4.78 is 5.60. The summed E-state index contributed by atoms with van der Waals surface area (Å²) in [6, 6.07) is 9.90. The molecule has 1 N–H and O–H groups in total. The van der Waals surface area contributed by atoms with Gasteiger partial charge >= 0.3 is 0 Å². The summed E-state index contributed by atoms with van der Waals surface area (Å²) in [6.45, 7) is 5.63. The third-order valence-corrected chi connectivity index (χ3v) is 6.69. The fourth-order valence-electron chi connectivity index (χ4n) is 4.91. The van der Waals surface area contributed by atoms with Crippen LogP contribution in [0.25, 0.3) is 0 Å². The SMILES string of the molecule is C[C@@H]1CCC[C@H](C)N1C(=O)c1cn[nH]c1C1CCN(C(=O)COc2ccccc2)CC1. The Morgan fingerprint density at radius 3 is 2.42 bits per heavy atom. The number of H-pyrrole nitrogens is 1. The number of rotatable bonds is 5. The van der Waals surface area contributed by atoms with Crippen molar-refractivity contribution in [3.8, 4) is 5.75 Å². The van der Waals surface area contributed by atoms with Crippen molar-refractivity contribution < 1.29 is 14.3 Å². The van der Waals surface area contributed by atoms with Gasteiger partial charge in [-0.2, -0.15) is 5.10 Å². The number of para-hydroxylation sites is 1. The van der Waals surface area contributed by atoms with Crippen LogP contribution in [0.4, 0.5) is 0 Å². The number of nitrogens with zero attached hydrogens (tertiary/aromatic N) is 3. The number of carbonyl (C=O) groups is 2. The van der Waals surface area contributed by atoms with Crippen molar-refractivity contribution >= 4 is 11.8 Å². The first-order valence-corrected chi connectivity index (χ1v) is 11.4. The number of ether oxygens (including phenoxy) is 1. The average Bonchev–Trinajstić information content (AvgIpc) is 3.28. The van der Waals surface area contributed by atoms with Gasteiger partial charge in [-0.3, -0.25) is 14.7 Å². The van der Waals surface area contributed by atoms with Crippen LogP contribution in [0.3, 0.4) is 0 Å². The van der Waals surface area contributed by atoms with Crippen LogP contribution >= 0.6 is 0 Å². The molecule has 31 heavy (non-hydrogen) atoms. The number of amides is 2. The molecule has 2 aliphatic rings. The molecular formula is C24H32N4O3. The predicted octanol–water partition coefficient (Wildman–Crippen LogP) is 3.60. The predicted molar refractivity (Wildman–Crippen MR) is 118 cm³/mol. The lowest BCUT2D eigenvalue weighted by atomic mass is 9.90. The Hall–Kier alpha value is -2.83. The van der Waals surface area contributed by atoms with Gasteiger partial charge in [0, 0.05) is 31.1 Å². The molecule has 2 aliphatic heterocycles. The Kier molecular flexibility index (Phi) is 6.59.